The highest BCUT2D eigenvalue weighted by Gasteiger charge is 2.27. The lowest BCUT2D eigenvalue weighted by Crippen LogP contribution is -2.18. The molecule has 2 aromatic carbocycles. The maximum absolute atomic E-state index is 11.3. The molecular formula is C30H26O4. The molecule has 4 aliphatic rings. The van der Waals surface area contributed by atoms with E-state index in [9.17, 15) is 20.1 Å². The highest BCUT2D eigenvalue weighted by atomic mass is 16.5. The quantitative estimate of drug-likeness (QED) is 0.531. The van der Waals surface area contributed by atoms with E-state index in [4.69, 9.17) is 0 Å². The van der Waals surface area contributed by atoms with Crippen molar-refractivity contribution in [1.82, 2.24) is 0 Å². The van der Waals surface area contributed by atoms with Crippen molar-refractivity contribution in [3.63, 3.8) is 0 Å². The van der Waals surface area contributed by atoms with Crippen LogP contribution in [-0.2, 0) is 4.79 Å². The Morgan fingerprint density at radius 1 is 0.912 bits per heavy atom. The Morgan fingerprint density at radius 2 is 1.74 bits per heavy atom. The molecule has 3 N–H and O–H groups in total. The maximum Gasteiger partial charge on any atom is 0.310 e. The molecule has 0 heterocycles. The van der Waals surface area contributed by atoms with Crippen LogP contribution in [-0.4, -0.2) is 27.6 Å². The molecule has 0 spiro atoms. The Kier molecular flexibility index (Phi) is 5.01. The molecule has 0 fully saturated rings. The smallest absolute Gasteiger partial charge is 0.310 e. The van der Waals surface area contributed by atoms with Gasteiger partial charge >= 0.3 is 5.97 Å². The van der Waals surface area contributed by atoms with Crippen molar-refractivity contribution in [2.75, 3.05) is 0 Å². The molecule has 0 aromatic heterocycles. The third kappa shape index (κ3) is 3.51. The summed E-state index contributed by atoms with van der Waals surface area (Å²) in [6.45, 7) is 0. The third-order valence-electron chi connectivity index (χ3n) is 7.51. The summed E-state index contributed by atoms with van der Waals surface area (Å²) in [4.78, 5) is 11.3. The van der Waals surface area contributed by atoms with E-state index in [-0.39, 0.29) is 5.92 Å². The van der Waals surface area contributed by atoms with Gasteiger partial charge in [0, 0.05) is 11.8 Å². The van der Waals surface area contributed by atoms with E-state index in [1.807, 2.05) is 24.3 Å². The molecule has 2 unspecified atom stereocenters. The van der Waals surface area contributed by atoms with Crippen LogP contribution in [0.3, 0.4) is 0 Å². The molecule has 0 saturated carbocycles. The summed E-state index contributed by atoms with van der Waals surface area (Å²) in [5.41, 5.74) is 8.50. The van der Waals surface area contributed by atoms with Crippen LogP contribution in [0.4, 0.5) is 0 Å². The Morgan fingerprint density at radius 3 is 2.44 bits per heavy atom. The van der Waals surface area contributed by atoms with Gasteiger partial charge in [-0.05, 0) is 81.1 Å². The number of allylic oxidation sites excluding steroid dienone is 8. The van der Waals surface area contributed by atoms with Crippen LogP contribution >= 0.6 is 0 Å². The summed E-state index contributed by atoms with van der Waals surface area (Å²) < 4.78 is 0. The first-order chi connectivity index (χ1) is 16.5. The van der Waals surface area contributed by atoms with Crippen LogP contribution in [0.2, 0.25) is 0 Å². The second-order valence-electron chi connectivity index (χ2n) is 9.60. The average Bonchev–Trinajstić information content (AvgIpc) is 2.87. The van der Waals surface area contributed by atoms with Crippen LogP contribution in [0.25, 0.3) is 28.5 Å². The SMILES string of the molecule is O=C(O)C1C=CC(C2=Cc3ccc4cc(C5=CC[C@H](C(O)O)C=C5)cc5c4c3C(C=C5)C2)=CC1. The molecule has 0 amide bonds. The summed E-state index contributed by atoms with van der Waals surface area (Å²) >= 11 is 0. The number of hydrogen-bond acceptors (Lipinski definition) is 3. The zero-order valence-corrected chi connectivity index (χ0v) is 18.7. The van der Waals surface area contributed by atoms with Crippen molar-refractivity contribution in [3.05, 3.63) is 100 Å². The molecule has 0 radical (unpaired) electrons. The van der Waals surface area contributed by atoms with Crippen molar-refractivity contribution in [3.8, 4) is 0 Å². The van der Waals surface area contributed by atoms with Gasteiger partial charge in [0.25, 0.3) is 0 Å². The van der Waals surface area contributed by atoms with E-state index < -0.39 is 18.2 Å². The number of carboxylic acid groups (broad SMARTS) is 1. The minimum atomic E-state index is -1.32. The van der Waals surface area contributed by atoms with Crippen molar-refractivity contribution < 1.29 is 20.1 Å². The molecule has 0 saturated heterocycles. The molecule has 4 nitrogen and oxygen atoms in total. The van der Waals surface area contributed by atoms with Gasteiger partial charge < -0.3 is 15.3 Å². The first kappa shape index (κ1) is 21.1. The predicted molar refractivity (Wildman–Crippen MR) is 135 cm³/mol. The first-order valence-electron chi connectivity index (χ1n) is 11.8. The van der Waals surface area contributed by atoms with Crippen molar-refractivity contribution in [2.45, 2.75) is 31.5 Å². The molecule has 3 atom stereocenters. The van der Waals surface area contributed by atoms with Crippen LogP contribution in [0.1, 0.15) is 47.4 Å². The monoisotopic (exact) mass is 450 g/mol. The van der Waals surface area contributed by atoms with E-state index in [0.717, 1.165) is 23.1 Å². The fourth-order valence-electron chi connectivity index (χ4n) is 5.65. The number of aliphatic hydroxyl groups excluding tert-OH is 1. The molecule has 170 valence electrons. The van der Waals surface area contributed by atoms with E-state index in [2.05, 4.69) is 54.6 Å². The zero-order valence-electron chi connectivity index (χ0n) is 18.7. The van der Waals surface area contributed by atoms with Crippen molar-refractivity contribution in [1.29, 1.82) is 0 Å². The molecule has 4 aliphatic carbocycles. The first-order valence-corrected chi connectivity index (χ1v) is 11.8. The van der Waals surface area contributed by atoms with Gasteiger partial charge in [-0.25, -0.2) is 0 Å². The van der Waals surface area contributed by atoms with Gasteiger partial charge in [-0.3, -0.25) is 4.79 Å². The lowest BCUT2D eigenvalue weighted by atomic mass is 9.74. The van der Waals surface area contributed by atoms with Crippen molar-refractivity contribution in [2.24, 2.45) is 11.8 Å². The highest BCUT2D eigenvalue weighted by molar-refractivity contribution is 6.01. The number of rotatable bonds is 4. The summed E-state index contributed by atoms with van der Waals surface area (Å²) in [5, 5.41) is 30.7. The minimum absolute atomic E-state index is 0.250. The van der Waals surface area contributed by atoms with E-state index >= 15 is 0 Å². The van der Waals surface area contributed by atoms with E-state index in [0.29, 0.717) is 18.8 Å². The summed E-state index contributed by atoms with van der Waals surface area (Å²) in [7, 11) is 0. The topological polar surface area (TPSA) is 77.8 Å². The second-order valence-corrected chi connectivity index (χ2v) is 9.60. The van der Waals surface area contributed by atoms with Gasteiger partial charge in [-0.2, -0.15) is 0 Å². The molecule has 6 rings (SSSR count). The number of carboxylic acids is 1. The molecule has 4 heteroatoms. The number of aliphatic carboxylic acids is 1. The summed E-state index contributed by atoms with van der Waals surface area (Å²) in [6.07, 6.45) is 19.3. The summed E-state index contributed by atoms with van der Waals surface area (Å²) in [6, 6.07) is 8.86. The molecule has 2 aromatic rings. The maximum atomic E-state index is 11.3. The molecule has 0 aliphatic heterocycles. The Bertz CT molecular complexity index is 1400. The normalized spacial score (nSPS) is 24.8. The standard InChI is InChI=1S/C30H26O4/c31-29(32)19-5-1-17(2-6-19)25-13-21-9-11-23-15-26(18-3-7-20(8-4-18)30(33)34)16-24-12-10-22(14-25)27(21)28(23)24/h1-5,7,9-15,19-20,24,29,31-32H,6,8,16H2,(H,33,34)/t19-,20?,24?/m1/s1. The van der Waals surface area contributed by atoms with E-state index in [1.165, 1.54) is 33.0 Å². The fourth-order valence-corrected chi connectivity index (χ4v) is 5.65. The lowest BCUT2D eigenvalue weighted by molar-refractivity contribution is -0.139. The van der Waals surface area contributed by atoms with Crippen LogP contribution in [0, 0.1) is 11.8 Å². The Balaban J connectivity index is 1.37. The van der Waals surface area contributed by atoms with Gasteiger partial charge in [-0.1, -0.05) is 66.8 Å². The molecule has 0 bridgehead atoms. The molecule has 34 heavy (non-hydrogen) atoms. The largest absolute Gasteiger partial charge is 0.481 e. The van der Waals surface area contributed by atoms with Gasteiger partial charge in [0.2, 0.25) is 0 Å². The van der Waals surface area contributed by atoms with E-state index in [1.54, 1.807) is 0 Å². The number of aliphatic hydroxyl groups is 2. The Hall–Kier alpha value is -3.47. The van der Waals surface area contributed by atoms with Gasteiger partial charge in [0.05, 0.1) is 5.92 Å². The van der Waals surface area contributed by atoms with Crippen LogP contribution in [0.5, 0.6) is 0 Å². The number of benzene rings is 2. The van der Waals surface area contributed by atoms with Crippen LogP contribution < -0.4 is 0 Å². The minimum Gasteiger partial charge on any atom is -0.481 e. The third-order valence-corrected chi connectivity index (χ3v) is 7.51. The van der Waals surface area contributed by atoms with Gasteiger partial charge in [-0.15, -0.1) is 0 Å². The zero-order chi connectivity index (χ0) is 23.4. The highest BCUT2D eigenvalue weighted by Crippen LogP contribution is 2.46. The fraction of sp³-hybridized carbons (Fsp3) is 0.233. The van der Waals surface area contributed by atoms with Crippen molar-refractivity contribution >= 4 is 34.5 Å². The second kappa shape index (κ2) is 8.08. The number of hydrogen-bond donors (Lipinski definition) is 3. The Labute approximate surface area is 198 Å². The average molecular weight is 451 g/mol. The molecular weight excluding hydrogens is 424 g/mol. The van der Waals surface area contributed by atoms with Crippen LogP contribution in [0.15, 0.2) is 77.9 Å². The van der Waals surface area contributed by atoms with Gasteiger partial charge in [0.15, 0.2) is 6.29 Å². The summed E-state index contributed by atoms with van der Waals surface area (Å²) in [5.74, 6) is -1.14. The number of carbonyl (C=O) groups is 1. The lowest BCUT2D eigenvalue weighted by Gasteiger charge is -2.30. The predicted octanol–water partition coefficient (Wildman–Crippen LogP) is 5.59. The van der Waals surface area contributed by atoms with Gasteiger partial charge in [0.1, 0.15) is 0 Å².